The molecule has 8 nitrogen and oxygen atoms in total. The van der Waals surface area contributed by atoms with Gasteiger partial charge in [0.25, 0.3) is 5.91 Å². The fourth-order valence-corrected chi connectivity index (χ4v) is 3.95. The number of sulfonamides is 1. The van der Waals surface area contributed by atoms with Crippen LogP contribution in [0.1, 0.15) is 49.4 Å². The quantitative estimate of drug-likeness (QED) is 0.544. The van der Waals surface area contributed by atoms with Gasteiger partial charge in [0, 0.05) is 26.1 Å². The molecular weight excluding hydrogens is 382 g/mol. The maximum Gasteiger partial charge on any atom is 0.338 e. The van der Waals surface area contributed by atoms with Crippen LogP contribution >= 0.6 is 0 Å². The molecule has 1 amide bonds. The summed E-state index contributed by atoms with van der Waals surface area (Å²) in [6, 6.07) is 7.09. The van der Waals surface area contributed by atoms with E-state index in [1.165, 1.54) is 24.3 Å². The molecule has 1 N–H and O–H groups in total. The van der Waals surface area contributed by atoms with Crippen LogP contribution in [0.5, 0.6) is 0 Å². The second-order valence-electron chi connectivity index (χ2n) is 6.62. The zero-order valence-corrected chi connectivity index (χ0v) is 16.7. The van der Waals surface area contributed by atoms with E-state index in [4.69, 9.17) is 10.00 Å². The average molecular weight is 407 g/mol. The van der Waals surface area contributed by atoms with Crippen molar-refractivity contribution in [2.75, 3.05) is 19.6 Å². The molecule has 0 saturated carbocycles. The van der Waals surface area contributed by atoms with Crippen LogP contribution in [-0.4, -0.2) is 50.9 Å². The van der Waals surface area contributed by atoms with Crippen molar-refractivity contribution >= 4 is 21.9 Å². The molecule has 1 fully saturated rings. The molecule has 1 aromatic rings. The van der Waals surface area contributed by atoms with Gasteiger partial charge >= 0.3 is 5.97 Å². The van der Waals surface area contributed by atoms with Crippen LogP contribution < -0.4 is 4.72 Å². The maximum atomic E-state index is 12.5. The number of likely N-dealkylation sites (tertiary alicyclic amines) is 1. The Labute approximate surface area is 165 Å². The Morgan fingerprint density at radius 2 is 1.79 bits per heavy atom. The highest BCUT2D eigenvalue weighted by Gasteiger charge is 2.25. The molecule has 1 heterocycles. The minimum Gasteiger partial charge on any atom is -0.449 e. The van der Waals surface area contributed by atoms with Crippen LogP contribution in [-0.2, 0) is 19.6 Å². The lowest BCUT2D eigenvalue weighted by Gasteiger charge is -2.24. The lowest BCUT2D eigenvalue weighted by Crippen LogP contribution is -2.40. The van der Waals surface area contributed by atoms with Crippen molar-refractivity contribution in [3.8, 4) is 6.07 Å². The summed E-state index contributed by atoms with van der Waals surface area (Å²) < 4.78 is 31.7. The summed E-state index contributed by atoms with van der Waals surface area (Å²) in [5.74, 6) is -0.895. The van der Waals surface area contributed by atoms with E-state index in [1.807, 2.05) is 6.07 Å². The Morgan fingerprint density at radius 1 is 1.18 bits per heavy atom. The first-order chi connectivity index (χ1) is 13.3. The van der Waals surface area contributed by atoms with Gasteiger partial charge in [-0.05, 0) is 44.0 Å². The molecule has 0 radical (unpaired) electrons. The zero-order valence-electron chi connectivity index (χ0n) is 15.9. The van der Waals surface area contributed by atoms with Crippen molar-refractivity contribution in [2.24, 2.45) is 0 Å². The standard InChI is InChI=1S/C19H25N3O5S/c1-15(18(23)22-13-4-2-3-5-14-22)27-19(24)16-7-9-17(10-8-16)28(25,26)21-12-6-11-20/h7-10,15,21H,2-6,12-14H2,1H3/t15-/m1/s1. The van der Waals surface area contributed by atoms with Gasteiger partial charge in [-0.25, -0.2) is 17.9 Å². The summed E-state index contributed by atoms with van der Waals surface area (Å²) in [4.78, 5) is 26.5. The van der Waals surface area contributed by atoms with E-state index in [9.17, 15) is 18.0 Å². The van der Waals surface area contributed by atoms with Gasteiger partial charge in [0.15, 0.2) is 6.10 Å². The van der Waals surface area contributed by atoms with E-state index in [0.29, 0.717) is 13.1 Å². The number of benzene rings is 1. The molecule has 0 aromatic heterocycles. The van der Waals surface area contributed by atoms with Crippen LogP contribution in [0, 0.1) is 11.3 Å². The average Bonchev–Trinajstić information content (AvgIpc) is 2.97. The van der Waals surface area contributed by atoms with Crippen LogP contribution in [0.4, 0.5) is 0 Å². The summed E-state index contributed by atoms with van der Waals surface area (Å²) in [7, 11) is -3.74. The predicted molar refractivity (Wildman–Crippen MR) is 102 cm³/mol. The molecule has 0 spiro atoms. The van der Waals surface area contributed by atoms with E-state index in [0.717, 1.165) is 25.7 Å². The predicted octanol–water partition coefficient (Wildman–Crippen LogP) is 1.83. The van der Waals surface area contributed by atoms with Gasteiger partial charge in [0.05, 0.1) is 16.5 Å². The van der Waals surface area contributed by atoms with Crippen molar-refractivity contribution in [1.29, 1.82) is 5.26 Å². The van der Waals surface area contributed by atoms with Crippen molar-refractivity contribution in [3.63, 3.8) is 0 Å². The Hall–Kier alpha value is -2.44. The van der Waals surface area contributed by atoms with Gasteiger partial charge in [-0.15, -0.1) is 0 Å². The lowest BCUT2D eigenvalue weighted by molar-refractivity contribution is -0.139. The number of rotatable bonds is 7. The van der Waals surface area contributed by atoms with E-state index in [2.05, 4.69) is 4.72 Å². The minimum absolute atomic E-state index is 0.0127. The first-order valence-corrected chi connectivity index (χ1v) is 10.8. The van der Waals surface area contributed by atoms with Crippen LogP contribution in [0.3, 0.4) is 0 Å². The van der Waals surface area contributed by atoms with Crippen molar-refractivity contribution in [1.82, 2.24) is 9.62 Å². The molecular formula is C19H25N3O5S. The Kier molecular flexibility index (Phi) is 7.96. The van der Waals surface area contributed by atoms with E-state index in [1.54, 1.807) is 11.8 Å². The number of esters is 1. The molecule has 0 unspecified atom stereocenters. The lowest BCUT2D eigenvalue weighted by atomic mass is 10.2. The highest BCUT2D eigenvalue weighted by atomic mass is 32.2. The smallest absolute Gasteiger partial charge is 0.338 e. The summed E-state index contributed by atoms with van der Waals surface area (Å²) in [6.45, 7) is 2.90. The highest BCUT2D eigenvalue weighted by Crippen LogP contribution is 2.14. The van der Waals surface area contributed by atoms with Gasteiger partial charge in [-0.2, -0.15) is 5.26 Å². The van der Waals surface area contributed by atoms with E-state index >= 15 is 0 Å². The molecule has 0 bridgehead atoms. The van der Waals surface area contributed by atoms with E-state index in [-0.39, 0.29) is 29.3 Å². The third-order valence-electron chi connectivity index (χ3n) is 4.48. The fraction of sp³-hybridized carbons (Fsp3) is 0.526. The number of hydrogen-bond donors (Lipinski definition) is 1. The van der Waals surface area contributed by atoms with Crippen molar-refractivity contribution in [3.05, 3.63) is 29.8 Å². The maximum absolute atomic E-state index is 12.5. The second kappa shape index (κ2) is 10.2. The second-order valence-corrected chi connectivity index (χ2v) is 8.38. The SMILES string of the molecule is C[C@@H](OC(=O)c1ccc(S(=O)(=O)NCCC#N)cc1)C(=O)N1CCCCCC1. The molecule has 1 aliphatic heterocycles. The molecule has 1 aliphatic rings. The number of carbonyl (C=O) groups excluding carboxylic acids is 2. The Morgan fingerprint density at radius 3 is 2.36 bits per heavy atom. The van der Waals surface area contributed by atoms with Crippen LogP contribution in [0.2, 0.25) is 0 Å². The summed E-state index contributed by atoms with van der Waals surface area (Å²) in [5.41, 5.74) is 0.159. The first kappa shape index (κ1) is 21.9. The largest absolute Gasteiger partial charge is 0.449 e. The Balaban J connectivity index is 1.96. The molecule has 28 heavy (non-hydrogen) atoms. The third kappa shape index (κ3) is 6.04. The van der Waals surface area contributed by atoms with E-state index < -0.39 is 22.1 Å². The number of carbonyl (C=O) groups is 2. The number of nitrogens with one attached hydrogen (secondary N) is 1. The van der Waals surface area contributed by atoms with Gasteiger partial charge in [-0.3, -0.25) is 4.79 Å². The van der Waals surface area contributed by atoms with Gasteiger partial charge < -0.3 is 9.64 Å². The molecule has 1 saturated heterocycles. The fourth-order valence-electron chi connectivity index (χ4n) is 2.92. The number of nitriles is 1. The molecule has 9 heteroatoms. The molecule has 1 aromatic carbocycles. The van der Waals surface area contributed by atoms with Crippen LogP contribution in [0.15, 0.2) is 29.2 Å². The minimum atomic E-state index is -3.74. The third-order valence-corrected chi connectivity index (χ3v) is 5.96. The zero-order chi connectivity index (χ0) is 20.6. The normalized spacial score (nSPS) is 15.9. The molecule has 0 aliphatic carbocycles. The van der Waals surface area contributed by atoms with Gasteiger partial charge in [-0.1, -0.05) is 12.8 Å². The number of amides is 1. The monoisotopic (exact) mass is 407 g/mol. The topological polar surface area (TPSA) is 117 Å². The first-order valence-electron chi connectivity index (χ1n) is 9.31. The number of hydrogen-bond acceptors (Lipinski definition) is 6. The molecule has 1 atom stereocenters. The van der Waals surface area contributed by atoms with Crippen LogP contribution in [0.25, 0.3) is 0 Å². The molecule has 2 rings (SSSR count). The number of nitrogens with zero attached hydrogens (tertiary/aromatic N) is 2. The Bertz CT molecular complexity index is 822. The number of ether oxygens (including phenoxy) is 1. The molecule has 152 valence electrons. The highest BCUT2D eigenvalue weighted by molar-refractivity contribution is 7.89. The summed E-state index contributed by atoms with van der Waals surface area (Å²) in [5, 5.41) is 8.48. The summed E-state index contributed by atoms with van der Waals surface area (Å²) in [6.07, 6.45) is 3.25. The van der Waals surface area contributed by atoms with Crippen molar-refractivity contribution < 1.29 is 22.7 Å². The van der Waals surface area contributed by atoms with Crippen molar-refractivity contribution in [2.45, 2.75) is 50.0 Å². The van der Waals surface area contributed by atoms with Gasteiger partial charge in [0.2, 0.25) is 10.0 Å². The summed E-state index contributed by atoms with van der Waals surface area (Å²) >= 11 is 0. The van der Waals surface area contributed by atoms with Gasteiger partial charge in [0.1, 0.15) is 0 Å².